The molecule has 0 saturated carbocycles. The van der Waals surface area contributed by atoms with Crippen molar-refractivity contribution in [1.82, 2.24) is 0 Å². The van der Waals surface area contributed by atoms with Crippen LogP contribution in [0.15, 0.2) is 47.4 Å². The number of hydrogen-bond donors (Lipinski definition) is 1. The fourth-order valence-electron chi connectivity index (χ4n) is 1.91. The maximum absolute atomic E-state index is 6.29. The van der Waals surface area contributed by atoms with Gasteiger partial charge in [0.1, 0.15) is 0 Å². The monoisotopic (exact) mass is 325 g/mol. The molecule has 0 aliphatic rings. The van der Waals surface area contributed by atoms with Crippen LogP contribution in [0.3, 0.4) is 0 Å². The molecule has 0 radical (unpaired) electrons. The molecule has 1 atom stereocenters. The summed E-state index contributed by atoms with van der Waals surface area (Å²) in [5.41, 5.74) is 8.04. The summed E-state index contributed by atoms with van der Waals surface area (Å²) in [6.07, 6.45) is 0.800. The van der Waals surface area contributed by atoms with Gasteiger partial charge in [-0.2, -0.15) is 0 Å². The molecular weight excluding hydrogens is 309 g/mol. The van der Waals surface area contributed by atoms with Crippen molar-refractivity contribution in [2.24, 2.45) is 5.73 Å². The average molecular weight is 326 g/mol. The van der Waals surface area contributed by atoms with Crippen LogP contribution in [-0.4, -0.2) is 6.04 Å². The quantitative estimate of drug-likeness (QED) is 0.767. The van der Waals surface area contributed by atoms with Crippen LogP contribution in [0.5, 0.6) is 0 Å². The van der Waals surface area contributed by atoms with E-state index in [2.05, 4.69) is 12.1 Å². The molecule has 1 unspecified atom stereocenters. The van der Waals surface area contributed by atoms with Crippen LogP contribution in [0.25, 0.3) is 0 Å². The SMILES string of the molecule is CC(N)Cc1ccc(SCc2ccccc2Cl)cc1Cl. The molecule has 2 rings (SSSR count). The van der Waals surface area contributed by atoms with Gasteiger partial charge in [0, 0.05) is 26.7 Å². The van der Waals surface area contributed by atoms with E-state index in [0.717, 1.165) is 38.2 Å². The lowest BCUT2D eigenvalue weighted by Gasteiger charge is -2.09. The minimum absolute atomic E-state index is 0.120. The molecule has 2 aromatic rings. The summed E-state index contributed by atoms with van der Waals surface area (Å²) in [7, 11) is 0. The van der Waals surface area contributed by atoms with E-state index in [1.807, 2.05) is 37.3 Å². The van der Waals surface area contributed by atoms with Gasteiger partial charge in [-0.1, -0.05) is 47.5 Å². The van der Waals surface area contributed by atoms with Crippen LogP contribution in [-0.2, 0) is 12.2 Å². The van der Waals surface area contributed by atoms with Crippen molar-refractivity contribution in [2.75, 3.05) is 0 Å². The van der Waals surface area contributed by atoms with Gasteiger partial charge >= 0.3 is 0 Å². The molecule has 20 heavy (non-hydrogen) atoms. The molecule has 4 heteroatoms. The summed E-state index contributed by atoms with van der Waals surface area (Å²) >= 11 is 14.2. The van der Waals surface area contributed by atoms with Crippen molar-refractivity contribution in [1.29, 1.82) is 0 Å². The second kappa shape index (κ2) is 7.37. The fourth-order valence-corrected chi connectivity index (χ4v) is 3.45. The van der Waals surface area contributed by atoms with E-state index in [-0.39, 0.29) is 6.04 Å². The Kier molecular flexibility index (Phi) is 5.79. The van der Waals surface area contributed by atoms with E-state index < -0.39 is 0 Å². The van der Waals surface area contributed by atoms with Crippen LogP contribution in [0.1, 0.15) is 18.1 Å². The maximum Gasteiger partial charge on any atom is 0.0449 e. The first kappa shape index (κ1) is 15.7. The van der Waals surface area contributed by atoms with Crippen molar-refractivity contribution >= 4 is 35.0 Å². The molecular formula is C16H17Cl2NS. The molecule has 0 amide bonds. The summed E-state index contributed by atoms with van der Waals surface area (Å²) in [6, 6.07) is 14.2. The molecule has 0 spiro atoms. The van der Waals surface area contributed by atoms with E-state index in [0.29, 0.717) is 0 Å². The Hall–Kier alpha value is -0.670. The Morgan fingerprint density at radius 3 is 2.45 bits per heavy atom. The highest BCUT2D eigenvalue weighted by Crippen LogP contribution is 2.30. The predicted molar refractivity (Wildman–Crippen MR) is 89.8 cm³/mol. The normalized spacial score (nSPS) is 12.4. The van der Waals surface area contributed by atoms with Crippen LogP contribution >= 0.6 is 35.0 Å². The molecule has 0 bridgehead atoms. The molecule has 0 aromatic heterocycles. The molecule has 2 N–H and O–H groups in total. The lowest BCUT2D eigenvalue weighted by atomic mass is 10.1. The third kappa shape index (κ3) is 4.42. The summed E-state index contributed by atoms with van der Waals surface area (Å²) in [4.78, 5) is 1.14. The second-order valence-corrected chi connectivity index (χ2v) is 6.68. The van der Waals surface area contributed by atoms with Gasteiger partial charge in [0.15, 0.2) is 0 Å². The smallest absolute Gasteiger partial charge is 0.0449 e. The minimum atomic E-state index is 0.120. The molecule has 0 aliphatic carbocycles. The second-order valence-electron chi connectivity index (χ2n) is 4.81. The zero-order valence-corrected chi connectivity index (χ0v) is 13.6. The van der Waals surface area contributed by atoms with Crippen LogP contribution in [0, 0.1) is 0 Å². The molecule has 0 fully saturated rings. The van der Waals surface area contributed by atoms with E-state index in [9.17, 15) is 0 Å². The highest BCUT2D eigenvalue weighted by atomic mass is 35.5. The van der Waals surface area contributed by atoms with Gasteiger partial charge < -0.3 is 5.73 Å². The first-order valence-corrected chi connectivity index (χ1v) is 8.20. The van der Waals surface area contributed by atoms with Crippen molar-refractivity contribution in [3.63, 3.8) is 0 Å². The molecule has 0 aliphatic heterocycles. The van der Waals surface area contributed by atoms with Crippen molar-refractivity contribution in [2.45, 2.75) is 30.0 Å². The highest BCUT2D eigenvalue weighted by molar-refractivity contribution is 7.98. The molecule has 1 nitrogen and oxygen atoms in total. The zero-order valence-electron chi connectivity index (χ0n) is 11.3. The van der Waals surface area contributed by atoms with Gasteiger partial charge in [0.2, 0.25) is 0 Å². The Balaban J connectivity index is 2.04. The standard InChI is InChI=1S/C16H17Cl2NS/c1-11(19)8-12-6-7-14(9-16(12)18)20-10-13-4-2-3-5-15(13)17/h2-7,9,11H,8,10,19H2,1H3. The summed E-state index contributed by atoms with van der Waals surface area (Å²) in [5.74, 6) is 0.836. The molecule has 2 aromatic carbocycles. The topological polar surface area (TPSA) is 26.0 Å². The lowest BCUT2D eigenvalue weighted by Crippen LogP contribution is -2.17. The maximum atomic E-state index is 6.29. The van der Waals surface area contributed by atoms with E-state index in [1.54, 1.807) is 11.8 Å². The Labute approximate surface area is 134 Å². The van der Waals surface area contributed by atoms with Crippen LogP contribution in [0.2, 0.25) is 10.0 Å². The Morgan fingerprint density at radius 2 is 1.80 bits per heavy atom. The number of halogens is 2. The number of nitrogens with two attached hydrogens (primary N) is 1. The number of benzene rings is 2. The zero-order chi connectivity index (χ0) is 14.5. The van der Waals surface area contributed by atoms with E-state index in [4.69, 9.17) is 28.9 Å². The third-order valence-electron chi connectivity index (χ3n) is 2.92. The summed E-state index contributed by atoms with van der Waals surface area (Å²) < 4.78 is 0. The van der Waals surface area contributed by atoms with E-state index in [1.165, 1.54) is 0 Å². The minimum Gasteiger partial charge on any atom is -0.328 e. The van der Waals surface area contributed by atoms with Gasteiger partial charge in [-0.15, -0.1) is 11.8 Å². The number of thioether (sulfide) groups is 1. The first-order valence-electron chi connectivity index (χ1n) is 6.46. The largest absolute Gasteiger partial charge is 0.328 e. The van der Waals surface area contributed by atoms with Crippen LogP contribution < -0.4 is 5.73 Å². The summed E-state index contributed by atoms with van der Waals surface area (Å²) in [6.45, 7) is 1.98. The number of hydrogen-bond acceptors (Lipinski definition) is 2. The fraction of sp³-hybridized carbons (Fsp3) is 0.250. The van der Waals surface area contributed by atoms with Gasteiger partial charge in [-0.25, -0.2) is 0 Å². The van der Waals surface area contributed by atoms with E-state index >= 15 is 0 Å². The number of rotatable bonds is 5. The van der Waals surface area contributed by atoms with Gasteiger partial charge in [-0.3, -0.25) is 0 Å². The molecule has 0 heterocycles. The Bertz CT molecular complexity index is 584. The Morgan fingerprint density at radius 1 is 1.05 bits per heavy atom. The van der Waals surface area contributed by atoms with Crippen LogP contribution in [0.4, 0.5) is 0 Å². The third-order valence-corrected chi connectivity index (χ3v) is 4.68. The lowest BCUT2D eigenvalue weighted by molar-refractivity contribution is 0.738. The average Bonchev–Trinajstić information content (AvgIpc) is 2.40. The van der Waals surface area contributed by atoms with Gasteiger partial charge in [0.05, 0.1) is 0 Å². The highest BCUT2D eigenvalue weighted by Gasteiger charge is 2.06. The predicted octanol–water partition coefficient (Wildman–Crippen LogP) is 5.18. The van der Waals surface area contributed by atoms with Crippen molar-refractivity contribution in [3.05, 3.63) is 63.6 Å². The summed E-state index contributed by atoms with van der Waals surface area (Å²) in [5, 5.41) is 1.59. The molecule has 106 valence electrons. The first-order chi connectivity index (χ1) is 9.56. The van der Waals surface area contributed by atoms with Gasteiger partial charge in [-0.05, 0) is 42.7 Å². The van der Waals surface area contributed by atoms with Crippen molar-refractivity contribution < 1.29 is 0 Å². The van der Waals surface area contributed by atoms with Crippen molar-refractivity contribution in [3.8, 4) is 0 Å². The molecule has 0 saturated heterocycles. The van der Waals surface area contributed by atoms with Gasteiger partial charge in [0.25, 0.3) is 0 Å².